The Kier molecular flexibility index (Phi) is 4.36. The smallest absolute Gasteiger partial charge is 0.379 e. The first-order valence-corrected chi connectivity index (χ1v) is 6.54. The van der Waals surface area contributed by atoms with Gasteiger partial charge in [0.2, 0.25) is 0 Å². The molecule has 2 aromatic heterocycles. The molecule has 2 aromatic rings. The molecule has 0 amide bonds. The molecule has 0 spiro atoms. The van der Waals surface area contributed by atoms with Crippen LogP contribution in [0.3, 0.4) is 0 Å². The highest BCUT2D eigenvalue weighted by Crippen LogP contribution is 2.32. The molecule has 21 heavy (non-hydrogen) atoms. The lowest BCUT2D eigenvalue weighted by molar-refractivity contribution is -0.206. The van der Waals surface area contributed by atoms with Gasteiger partial charge in [-0.3, -0.25) is 0 Å². The van der Waals surface area contributed by atoms with Gasteiger partial charge in [-0.25, -0.2) is 9.67 Å². The standard InChI is InChI=1S/C13H17F3N4O/c1-9(2)5-20-11(17-8-18-20)7-19-4-3-10(6-19)12(21)13(14,15)16/h3-4,6,8-9,12,21H,5,7H2,1-2H3. The number of rotatable bonds is 5. The van der Waals surface area contributed by atoms with E-state index in [1.54, 1.807) is 9.25 Å². The average molecular weight is 302 g/mol. The van der Waals surface area contributed by atoms with E-state index in [1.165, 1.54) is 24.8 Å². The summed E-state index contributed by atoms with van der Waals surface area (Å²) in [7, 11) is 0. The van der Waals surface area contributed by atoms with Crippen LogP contribution < -0.4 is 0 Å². The van der Waals surface area contributed by atoms with Crippen LogP contribution in [-0.4, -0.2) is 30.6 Å². The molecule has 0 bridgehead atoms. The van der Waals surface area contributed by atoms with E-state index < -0.39 is 12.3 Å². The molecule has 0 aromatic carbocycles. The van der Waals surface area contributed by atoms with Gasteiger partial charge in [0, 0.05) is 24.5 Å². The van der Waals surface area contributed by atoms with Gasteiger partial charge in [0.15, 0.2) is 6.10 Å². The van der Waals surface area contributed by atoms with Crippen LogP contribution in [0.2, 0.25) is 0 Å². The lowest BCUT2D eigenvalue weighted by atomic mass is 10.2. The number of aromatic nitrogens is 4. The Morgan fingerprint density at radius 3 is 2.67 bits per heavy atom. The molecule has 0 radical (unpaired) electrons. The number of halogens is 3. The van der Waals surface area contributed by atoms with E-state index in [9.17, 15) is 18.3 Å². The molecule has 8 heteroatoms. The zero-order valence-electron chi connectivity index (χ0n) is 11.7. The first-order valence-electron chi connectivity index (χ1n) is 6.54. The Balaban J connectivity index is 2.11. The van der Waals surface area contributed by atoms with Gasteiger partial charge in [-0.05, 0) is 12.0 Å². The molecule has 0 saturated heterocycles. The number of hydrogen-bond donors (Lipinski definition) is 1. The van der Waals surface area contributed by atoms with Gasteiger partial charge in [-0.15, -0.1) is 0 Å². The number of hydrogen-bond acceptors (Lipinski definition) is 3. The van der Waals surface area contributed by atoms with E-state index in [4.69, 9.17) is 0 Å². The number of aliphatic hydroxyl groups excluding tert-OH is 1. The van der Waals surface area contributed by atoms with Gasteiger partial charge in [-0.1, -0.05) is 13.8 Å². The SMILES string of the molecule is CC(C)Cn1ncnc1Cn1ccc(C(O)C(F)(F)F)c1. The zero-order chi connectivity index (χ0) is 15.6. The Morgan fingerprint density at radius 2 is 2.05 bits per heavy atom. The fourth-order valence-electron chi connectivity index (χ4n) is 1.98. The highest BCUT2D eigenvalue weighted by molar-refractivity contribution is 5.15. The Hall–Kier alpha value is -1.83. The maximum Gasteiger partial charge on any atom is 0.418 e. The lowest BCUT2D eigenvalue weighted by Gasteiger charge is -2.12. The molecule has 5 nitrogen and oxygen atoms in total. The van der Waals surface area contributed by atoms with Crippen LogP contribution in [0.5, 0.6) is 0 Å². The molecule has 0 aliphatic rings. The maximum absolute atomic E-state index is 12.4. The van der Waals surface area contributed by atoms with Crippen molar-refractivity contribution in [3.8, 4) is 0 Å². The highest BCUT2D eigenvalue weighted by atomic mass is 19.4. The third-order valence-electron chi connectivity index (χ3n) is 2.96. The predicted octanol–water partition coefficient (Wildman–Crippen LogP) is 2.38. The van der Waals surface area contributed by atoms with Crippen molar-refractivity contribution in [1.29, 1.82) is 0 Å². The fourth-order valence-corrected chi connectivity index (χ4v) is 1.98. The average Bonchev–Trinajstić information content (AvgIpc) is 2.97. The van der Waals surface area contributed by atoms with Crippen molar-refractivity contribution in [3.05, 3.63) is 36.2 Å². The van der Waals surface area contributed by atoms with Crippen LogP contribution in [0.25, 0.3) is 0 Å². The van der Waals surface area contributed by atoms with Crippen molar-refractivity contribution in [2.45, 2.75) is 39.2 Å². The first kappa shape index (κ1) is 15.6. The summed E-state index contributed by atoms with van der Waals surface area (Å²) in [6.45, 7) is 5.07. The van der Waals surface area contributed by atoms with Crippen molar-refractivity contribution in [2.24, 2.45) is 5.92 Å². The second kappa shape index (κ2) is 5.88. The summed E-state index contributed by atoms with van der Waals surface area (Å²) in [4.78, 5) is 4.11. The van der Waals surface area contributed by atoms with Crippen molar-refractivity contribution < 1.29 is 18.3 Å². The van der Waals surface area contributed by atoms with Gasteiger partial charge < -0.3 is 9.67 Å². The number of aliphatic hydroxyl groups is 1. The summed E-state index contributed by atoms with van der Waals surface area (Å²) in [5.74, 6) is 1.05. The highest BCUT2D eigenvalue weighted by Gasteiger charge is 2.39. The van der Waals surface area contributed by atoms with Crippen LogP contribution in [-0.2, 0) is 13.1 Å². The largest absolute Gasteiger partial charge is 0.418 e. The van der Waals surface area contributed by atoms with E-state index in [0.29, 0.717) is 24.8 Å². The summed E-state index contributed by atoms with van der Waals surface area (Å²) in [5.41, 5.74) is -0.183. The minimum atomic E-state index is -4.66. The second-order valence-electron chi connectivity index (χ2n) is 5.31. The molecule has 1 unspecified atom stereocenters. The van der Waals surface area contributed by atoms with Gasteiger partial charge in [0.1, 0.15) is 12.2 Å². The monoisotopic (exact) mass is 302 g/mol. The van der Waals surface area contributed by atoms with Crippen LogP contribution >= 0.6 is 0 Å². The minimum absolute atomic E-state index is 0.183. The van der Waals surface area contributed by atoms with E-state index in [2.05, 4.69) is 10.1 Å². The summed E-state index contributed by atoms with van der Waals surface area (Å²) in [5, 5.41) is 13.3. The topological polar surface area (TPSA) is 55.9 Å². The first-order chi connectivity index (χ1) is 9.77. The lowest BCUT2D eigenvalue weighted by Crippen LogP contribution is -2.19. The Bertz CT molecular complexity index is 588. The zero-order valence-corrected chi connectivity index (χ0v) is 11.7. The van der Waals surface area contributed by atoms with Crippen LogP contribution in [0.1, 0.15) is 31.3 Å². The van der Waals surface area contributed by atoms with E-state index in [0.717, 1.165) is 0 Å². The maximum atomic E-state index is 12.4. The third-order valence-corrected chi connectivity index (χ3v) is 2.96. The minimum Gasteiger partial charge on any atom is -0.379 e. The Labute approximate surface area is 120 Å². The van der Waals surface area contributed by atoms with Crippen molar-refractivity contribution in [1.82, 2.24) is 19.3 Å². The van der Waals surface area contributed by atoms with Gasteiger partial charge >= 0.3 is 6.18 Å². The van der Waals surface area contributed by atoms with E-state index in [1.807, 2.05) is 13.8 Å². The number of nitrogens with zero attached hydrogens (tertiary/aromatic N) is 4. The predicted molar refractivity (Wildman–Crippen MR) is 69.4 cm³/mol. The van der Waals surface area contributed by atoms with E-state index in [-0.39, 0.29) is 5.56 Å². The molecule has 116 valence electrons. The van der Waals surface area contributed by atoms with Crippen molar-refractivity contribution in [3.63, 3.8) is 0 Å². The van der Waals surface area contributed by atoms with Crippen LogP contribution in [0.4, 0.5) is 13.2 Å². The molecule has 1 atom stereocenters. The number of alkyl halides is 3. The summed E-state index contributed by atoms with van der Waals surface area (Å²) in [6, 6.07) is 1.25. The molecule has 2 heterocycles. The van der Waals surface area contributed by atoms with Gasteiger partial charge in [-0.2, -0.15) is 18.3 Å². The van der Waals surface area contributed by atoms with Gasteiger partial charge in [0.05, 0.1) is 6.54 Å². The summed E-state index contributed by atoms with van der Waals surface area (Å²) < 4.78 is 40.6. The normalized spacial score (nSPS) is 13.9. The Morgan fingerprint density at radius 1 is 1.33 bits per heavy atom. The molecule has 0 saturated carbocycles. The van der Waals surface area contributed by atoms with Crippen molar-refractivity contribution in [2.75, 3.05) is 0 Å². The molecule has 0 aliphatic heterocycles. The van der Waals surface area contributed by atoms with Crippen LogP contribution in [0, 0.1) is 5.92 Å². The molecule has 0 aliphatic carbocycles. The quantitative estimate of drug-likeness (QED) is 0.922. The molecule has 0 fully saturated rings. The third kappa shape index (κ3) is 3.84. The van der Waals surface area contributed by atoms with Crippen molar-refractivity contribution >= 4 is 0 Å². The molecular formula is C13H17F3N4O. The summed E-state index contributed by atoms with van der Waals surface area (Å²) in [6.07, 6.45) is -2.95. The van der Waals surface area contributed by atoms with Crippen LogP contribution in [0.15, 0.2) is 24.8 Å². The van der Waals surface area contributed by atoms with E-state index >= 15 is 0 Å². The van der Waals surface area contributed by atoms with Gasteiger partial charge in [0.25, 0.3) is 0 Å². The molecular weight excluding hydrogens is 285 g/mol. The molecule has 1 N–H and O–H groups in total. The second-order valence-corrected chi connectivity index (χ2v) is 5.31. The summed E-state index contributed by atoms with van der Waals surface area (Å²) >= 11 is 0. The fraction of sp³-hybridized carbons (Fsp3) is 0.538. The molecule has 2 rings (SSSR count).